The average Bonchev–Trinajstić information content (AvgIpc) is 2.67. The SMILES string of the molecule is O=C(Nc1ccc2c(c1)C(=O)c1ccccc1C2=O)c1cccnc1. The number of hydrogen-bond donors (Lipinski definition) is 1. The molecule has 4 rings (SSSR count). The Morgan fingerprint density at radius 2 is 1.48 bits per heavy atom. The van der Waals surface area contributed by atoms with Gasteiger partial charge in [-0.05, 0) is 30.3 Å². The van der Waals surface area contributed by atoms with Crippen molar-refractivity contribution in [3.63, 3.8) is 0 Å². The fourth-order valence-corrected chi connectivity index (χ4v) is 2.88. The Morgan fingerprint density at radius 1 is 0.800 bits per heavy atom. The van der Waals surface area contributed by atoms with Crippen LogP contribution in [0.3, 0.4) is 0 Å². The van der Waals surface area contributed by atoms with Crippen molar-refractivity contribution >= 4 is 23.2 Å². The summed E-state index contributed by atoms with van der Waals surface area (Å²) in [4.78, 5) is 41.4. The smallest absolute Gasteiger partial charge is 0.257 e. The van der Waals surface area contributed by atoms with Crippen LogP contribution in [0.2, 0.25) is 0 Å². The first-order valence-corrected chi connectivity index (χ1v) is 7.69. The van der Waals surface area contributed by atoms with E-state index >= 15 is 0 Å². The van der Waals surface area contributed by atoms with Gasteiger partial charge in [0.1, 0.15) is 0 Å². The molecule has 0 spiro atoms. The molecule has 25 heavy (non-hydrogen) atoms. The normalized spacial score (nSPS) is 12.3. The molecule has 0 aliphatic heterocycles. The van der Waals surface area contributed by atoms with E-state index in [9.17, 15) is 14.4 Å². The Balaban J connectivity index is 1.70. The lowest BCUT2D eigenvalue weighted by Crippen LogP contribution is -2.21. The number of carbonyl (C=O) groups excluding carboxylic acids is 3. The molecule has 5 heteroatoms. The molecule has 0 bridgehead atoms. The number of pyridine rings is 1. The minimum Gasteiger partial charge on any atom is -0.322 e. The van der Waals surface area contributed by atoms with Gasteiger partial charge >= 0.3 is 0 Å². The summed E-state index contributed by atoms with van der Waals surface area (Å²) in [6, 6.07) is 14.8. The summed E-state index contributed by atoms with van der Waals surface area (Å²) >= 11 is 0. The van der Waals surface area contributed by atoms with E-state index < -0.39 is 0 Å². The first-order valence-electron chi connectivity index (χ1n) is 7.69. The van der Waals surface area contributed by atoms with Gasteiger partial charge in [0.25, 0.3) is 5.91 Å². The van der Waals surface area contributed by atoms with Crippen LogP contribution in [0.15, 0.2) is 67.0 Å². The van der Waals surface area contributed by atoms with Gasteiger partial charge in [0.05, 0.1) is 5.56 Å². The maximum Gasteiger partial charge on any atom is 0.257 e. The van der Waals surface area contributed by atoms with Crippen molar-refractivity contribution in [1.29, 1.82) is 0 Å². The fraction of sp³-hybridized carbons (Fsp3) is 0. The third kappa shape index (κ3) is 2.52. The van der Waals surface area contributed by atoms with Crippen LogP contribution in [0.4, 0.5) is 5.69 Å². The number of nitrogens with zero attached hydrogens (tertiary/aromatic N) is 1. The molecule has 1 aromatic heterocycles. The fourth-order valence-electron chi connectivity index (χ4n) is 2.88. The van der Waals surface area contributed by atoms with Gasteiger partial charge in [-0.3, -0.25) is 19.4 Å². The van der Waals surface area contributed by atoms with E-state index in [2.05, 4.69) is 10.3 Å². The third-order valence-corrected chi connectivity index (χ3v) is 4.11. The number of anilines is 1. The lowest BCUT2D eigenvalue weighted by atomic mass is 9.84. The maximum absolute atomic E-state index is 12.7. The largest absolute Gasteiger partial charge is 0.322 e. The van der Waals surface area contributed by atoms with Crippen molar-refractivity contribution in [2.75, 3.05) is 5.32 Å². The topological polar surface area (TPSA) is 76.1 Å². The molecule has 0 unspecified atom stereocenters. The molecule has 0 radical (unpaired) electrons. The van der Waals surface area contributed by atoms with E-state index in [4.69, 9.17) is 0 Å². The highest BCUT2D eigenvalue weighted by Crippen LogP contribution is 2.29. The van der Waals surface area contributed by atoms with Gasteiger partial charge in [0.2, 0.25) is 0 Å². The van der Waals surface area contributed by atoms with Crippen LogP contribution in [0.1, 0.15) is 42.2 Å². The molecule has 3 aromatic rings. The number of hydrogen-bond acceptors (Lipinski definition) is 4. The van der Waals surface area contributed by atoms with E-state index in [1.165, 1.54) is 6.20 Å². The Labute approximate surface area is 143 Å². The molecule has 0 fully saturated rings. The maximum atomic E-state index is 12.7. The third-order valence-electron chi connectivity index (χ3n) is 4.11. The molecule has 0 atom stereocenters. The van der Waals surface area contributed by atoms with Crippen molar-refractivity contribution in [2.24, 2.45) is 0 Å². The van der Waals surface area contributed by atoms with Crippen molar-refractivity contribution in [3.05, 3.63) is 94.8 Å². The van der Waals surface area contributed by atoms with Crippen LogP contribution in [0.5, 0.6) is 0 Å². The summed E-state index contributed by atoms with van der Waals surface area (Å²) in [6.45, 7) is 0. The molecule has 1 amide bonds. The molecule has 2 aromatic carbocycles. The van der Waals surface area contributed by atoms with E-state index in [0.717, 1.165) is 0 Å². The zero-order valence-electron chi connectivity index (χ0n) is 13.0. The Morgan fingerprint density at radius 3 is 2.16 bits per heavy atom. The molecule has 1 N–H and O–H groups in total. The van der Waals surface area contributed by atoms with Crippen LogP contribution >= 0.6 is 0 Å². The number of aromatic nitrogens is 1. The molecule has 0 saturated heterocycles. The quantitative estimate of drug-likeness (QED) is 0.613. The molecule has 1 heterocycles. The van der Waals surface area contributed by atoms with Crippen molar-refractivity contribution in [1.82, 2.24) is 4.98 Å². The summed E-state index contributed by atoms with van der Waals surface area (Å²) in [6.07, 6.45) is 3.04. The number of rotatable bonds is 2. The average molecular weight is 328 g/mol. The van der Waals surface area contributed by atoms with Gasteiger partial charge in [-0.2, -0.15) is 0 Å². The van der Waals surface area contributed by atoms with E-state index in [1.807, 2.05) is 0 Å². The van der Waals surface area contributed by atoms with Gasteiger partial charge < -0.3 is 5.32 Å². The van der Waals surface area contributed by atoms with Crippen molar-refractivity contribution in [2.45, 2.75) is 0 Å². The highest BCUT2D eigenvalue weighted by molar-refractivity contribution is 6.28. The summed E-state index contributed by atoms with van der Waals surface area (Å²) < 4.78 is 0. The van der Waals surface area contributed by atoms with Crippen molar-refractivity contribution < 1.29 is 14.4 Å². The lowest BCUT2D eigenvalue weighted by molar-refractivity contribution is 0.0979. The zero-order valence-corrected chi connectivity index (χ0v) is 13.0. The molecular weight excluding hydrogens is 316 g/mol. The van der Waals surface area contributed by atoms with E-state index in [1.54, 1.807) is 60.8 Å². The second-order valence-electron chi connectivity index (χ2n) is 5.66. The van der Waals surface area contributed by atoms with Crippen LogP contribution < -0.4 is 5.32 Å². The second kappa shape index (κ2) is 5.79. The summed E-state index contributed by atoms with van der Waals surface area (Å²) in [7, 11) is 0. The first kappa shape index (κ1) is 15.0. The van der Waals surface area contributed by atoms with Gasteiger partial charge in [-0.25, -0.2) is 0 Å². The summed E-state index contributed by atoms with van der Waals surface area (Å²) in [5.74, 6) is -0.735. The van der Waals surface area contributed by atoms with Gasteiger partial charge in [0, 0.05) is 40.3 Å². The predicted molar refractivity (Wildman–Crippen MR) is 91.9 cm³/mol. The zero-order chi connectivity index (χ0) is 17.4. The van der Waals surface area contributed by atoms with Crippen LogP contribution in [0.25, 0.3) is 0 Å². The van der Waals surface area contributed by atoms with Crippen LogP contribution in [-0.2, 0) is 0 Å². The van der Waals surface area contributed by atoms with Crippen LogP contribution in [0, 0.1) is 0 Å². The second-order valence-corrected chi connectivity index (χ2v) is 5.66. The molecular formula is C20H12N2O3. The monoisotopic (exact) mass is 328 g/mol. The number of ketones is 2. The van der Waals surface area contributed by atoms with Gasteiger partial charge in [0.15, 0.2) is 11.6 Å². The molecule has 1 aliphatic rings. The lowest BCUT2D eigenvalue weighted by Gasteiger charge is -2.18. The van der Waals surface area contributed by atoms with Crippen LogP contribution in [-0.4, -0.2) is 22.5 Å². The summed E-state index contributed by atoms with van der Waals surface area (Å²) in [5, 5.41) is 2.73. The number of nitrogens with one attached hydrogen (secondary N) is 1. The van der Waals surface area contributed by atoms with Crippen molar-refractivity contribution in [3.8, 4) is 0 Å². The highest BCUT2D eigenvalue weighted by Gasteiger charge is 2.29. The highest BCUT2D eigenvalue weighted by atomic mass is 16.2. The number of carbonyl (C=O) groups is 3. The Kier molecular flexibility index (Phi) is 3.47. The molecule has 1 aliphatic carbocycles. The number of benzene rings is 2. The molecule has 0 saturated carbocycles. The van der Waals surface area contributed by atoms with Gasteiger partial charge in [-0.1, -0.05) is 24.3 Å². The standard InChI is InChI=1S/C20H12N2O3/c23-18-14-5-1-2-6-15(14)19(24)17-10-13(7-8-16(17)18)22-20(25)12-4-3-9-21-11-12/h1-11H,(H,22,25). The minimum absolute atomic E-state index is 0.185. The molecule has 120 valence electrons. The van der Waals surface area contributed by atoms with Gasteiger partial charge in [-0.15, -0.1) is 0 Å². The number of fused-ring (bicyclic) bond motifs is 2. The minimum atomic E-state index is -0.331. The van der Waals surface area contributed by atoms with E-state index in [-0.39, 0.29) is 17.5 Å². The van der Waals surface area contributed by atoms with E-state index in [0.29, 0.717) is 33.5 Å². The summed E-state index contributed by atoms with van der Waals surface area (Å²) in [5.41, 5.74) is 2.31. The predicted octanol–water partition coefficient (Wildman–Crippen LogP) is 3.11. The molecule has 5 nitrogen and oxygen atoms in total. The Hall–Kier alpha value is -3.60. The first-order chi connectivity index (χ1) is 12.1. The Bertz CT molecular complexity index is 1030. The number of amides is 1.